The molecule has 0 unspecified atom stereocenters. The molecular weight excluding hydrogens is 199 g/mol. The zero-order valence-electron chi connectivity index (χ0n) is 8.08. The third kappa shape index (κ3) is 2.44. The van der Waals surface area contributed by atoms with Crippen LogP contribution in [-0.4, -0.2) is 12.6 Å². The predicted molar refractivity (Wildman–Crippen MR) is 51.4 cm³/mol. The van der Waals surface area contributed by atoms with Crippen molar-refractivity contribution in [2.24, 2.45) is 0 Å². The van der Waals surface area contributed by atoms with Gasteiger partial charge < -0.3 is 10.5 Å². The highest BCUT2D eigenvalue weighted by Crippen LogP contribution is 2.18. The largest absolute Gasteiger partial charge is 0.447 e. The van der Waals surface area contributed by atoms with Gasteiger partial charge in [-0.05, 0) is 19.1 Å². The van der Waals surface area contributed by atoms with Gasteiger partial charge in [0.25, 0.3) is 0 Å². The average Bonchev–Trinajstić information content (AvgIpc) is 2.21. The number of hydrogen-bond acceptors (Lipinski definition) is 4. The monoisotopic (exact) mass is 208 g/mol. The minimum absolute atomic E-state index is 0.00542. The van der Waals surface area contributed by atoms with Gasteiger partial charge in [0, 0.05) is 11.3 Å². The summed E-state index contributed by atoms with van der Waals surface area (Å²) in [4.78, 5) is 11.2. The summed E-state index contributed by atoms with van der Waals surface area (Å²) >= 11 is 0. The molecule has 1 aromatic rings. The average molecular weight is 208 g/mol. The second-order valence-corrected chi connectivity index (χ2v) is 2.91. The number of rotatable bonds is 2. The molecule has 0 aliphatic rings. The van der Waals surface area contributed by atoms with E-state index in [0.29, 0.717) is 0 Å². The van der Waals surface area contributed by atoms with Crippen LogP contribution in [0.15, 0.2) is 12.1 Å². The SMILES string of the molecule is Cc1c(N)cc(C(=O)OCC#N)cc1F. The first-order valence-corrected chi connectivity index (χ1v) is 4.16. The Morgan fingerprint density at radius 3 is 2.87 bits per heavy atom. The quantitative estimate of drug-likeness (QED) is 0.588. The van der Waals surface area contributed by atoms with E-state index in [-0.39, 0.29) is 23.4 Å². The molecule has 0 aliphatic heterocycles. The summed E-state index contributed by atoms with van der Waals surface area (Å²) < 4.78 is 17.7. The van der Waals surface area contributed by atoms with Crippen molar-refractivity contribution >= 4 is 11.7 Å². The molecule has 0 bridgehead atoms. The fourth-order valence-electron chi connectivity index (χ4n) is 0.999. The molecule has 0 aliphatic carbocycles. The zero-order chi connectivity index (χ0) is 11.4. The van der Waals surface area contributed by atoms with Gasteiger partial charge >= 0.3 is 5.97 Å². The first-order chi connectivity index (χ1) is 7.06. The molecule has 15 heavy (non-hydrogen) atoms. The third-order valence-electron chi connectivity index (χ3n) is 1.89. The summed E-state index contributed by atoms with van der Waals surface area (Å²) in [6.07, 6.45) is 0. The number of carbonyl (C=O) groups excluding carboxylic acids is 1. The van der Waals surface area contributed by atoms with E-state index in [1.54, 1.807) is 6.07 Å². The lowest BCUT2D eigenvalue weighted by atomic mass is 10.1. The first kappa shape index (κ1) is 11.0. The number of nitrogen functional groups attached to an aromatic ring is 1. The molecule has 0 heterocycles. The molecule has 78 valence electrons. The summed E-state index contributed by atoms with van der Waals surface area (Å²) in [7, 11) is 0. The number of esters is 1. The van der Waals surface area contributed by atoms with Crippen LogP contribution < -0.4 is 5.73 Å². The number of nitriles is 1. The number of hydrogen-bond donors (Lipinski definition) is 1. The van der Waals surface area contributed by atoms with Gasteiger partial charge in [0.2, 0.25) is 0 Å². The lowest BCUT2D eigenvalue weighted by Crippen LogP contribution is -2.07. The maximum absolute atomic E-state index is 13.2. The van der Waals surface area contributed by atoms with E-state index in [9.17, 15) is 9.18 Å². The Labute approximate surface area is 86.1 Å². The van der Waals surface area contributed by atoms with Crippen LogP contribution in [0.25, 0.3) is 0 Å². The molecule has 0 saturated heterocycles. The predicted octanol–water partition coefficient (Wildman–Crippen LogP) is 1.40. The van der Waals surface area contributed by atoms with E-state index < -0.39 is 11.8 Å². The van der Waals surface area contributed by atoms with Crippen LogP contribution in [0.2, 0.25) is 0 Å². The molecule has 0 spiro atoms. The van der Waals surface area contributed by atoms with Crippen LogP contribution in [0.1, 0.15) is 15.9 Å². The second kappa shape index (κ2) is 4.42. The molecule has 0 saturated carbocycles. The molecule has 2 N–H and O–H groups in total. The molecule has 0 fully saturated rings. The van der Waals surface area contributed by atoms with Crippen molar-refractivity contribution < 1.29 is 13.9 Å². The van der Waals surface area contributed by atoms with Crippen molar-refractivity contribution in [1.29, 1.82) is 5.26 Å². The van der Waals surface area contributed by atoms with E-state index in [2.05, 4.69) is 4.74 Å². The number of halogens is 1. The second-order valence-electron chi connectivity index (χ2n) is 2.91. The zero-order valence-corrected chi connectivity index (χ0v) is 8.08. The maximum Gasteiger partial charge on any atom is 0.339 e. The van der Waals surface area contributed by atoms with E-state index in [1.165, 1.54) is 13.0 Å². The molecule has 5 heteroatoms. The van der Waals surface area contributed by atoms with Crippen LogP contribution in [0.5, 0.6) is 0 Å². The fourth-order valence-corrected chi connectivity index (χ4v) is 0.999. The van der Waals surface area contributed by atoms with Crippen molar-refractivity contribution in [1.82, 2.24) is 0 Å². The topological polar surface area (TPSA) is 76.1 Å². The lowest BCUT2D eigenvalue weighted by Gasteiger charge is -2.05. The normalized spacial score (nSPS) is 9.40. The number of carbonyl (C=O) groups is 1. The highest BCUT2D eigenvalue weighted by Gasteiger charge is 2.11. The van der Waals surface area contributed by atoms with Gasteiger partial charge in [0.1, 0.15) is 11.9 Å². The van der Waals surface area contributed by atoms with Gasteiger partial charge in [0.15, 0.2) is 6.61 Å². The molecule has 0 atom stereocenters. The molecule has 4 nitrogen and oxygen atoms in total. The van der Waals surface area contributed by atoms with E-state index >= 15 is 0 Å². The Morgan fingerprint density at radius 2 is 2.33 bits per heavy atom. The highest BCUT2D eigenvalue weighted by molar-refractivity contribution is 5.90. The van der Waals surface area contributed by atoms with Crippen LogP contribution >= 0.6 is 0 Å². The van der Waals surface area contributed by atoms with E-state index in [1.807, 2.05) is 0 Å². The number of ether oxygens (including phenoxy) is 1. The van der Waals surface area contributed by atoms with Crippen molar-refractivity contribution in [3.8, 4) is 6.07 Å². The minimum Gasteiger partial charge on any atom is -0.447 e. The smallest absolute Gasteiger partial charge is 0.339 e. The molecular formula is C10H9FN2O2. The Balaban J connectivity index is 2.97. The first-order valence-electron chi connectivity index (χ1n) is 4.16. The van der Waals surface area contributed by atoms with Gasteiger partial charge in [-0.2, -0.15) is 5.26 Å². The molecule has 1 rings (SSSR count). The molecule has 0 radical (unpaired) electrons. The summed E-state index contributed by atoms with van der Waals surface area (Å²) in [5, 5.41) is 8.19. The Bertz CT molecular complexity index is 415. The van der Waals surface area contributed by atoms with Crippen molar-refractivity contribution in [2.75, 3.05) is 12.3 Å². The molecule has 1 aromatic carbocycles. The maximum atomic E-state index is 13.2. The van der Waals surface area contributed by atoms with E-state index in [4.69, 9.17) is 11.0 Å². The highest BCUT2D eigenvalue weighted by atomic mass is 19.1. The Kier molecular flexibility index (Phi) is 3.24. The third-order valence-corrected chi connectivity index (χ3v) is 1.89. The standard InChI is InChI=1S/C10H9FN2O2/c1-6-8(11)4-7(5-9(6)13)10(14)15-3-2-12/h4-5H,3,13H2,1H3. The number of nitrogens with zero attached hydrogens (tertiary/aromatic N) is 1. The summed E-state index contributed by atoms with van der Waals surface area (Å²) in [5.41, 5.74) is 5.94. The van der Waals surface area contributed by atoms with E-state index in [0.717, 1.165) is 6.07 Å². The number of anilines is 1. The molecule has 0 aromatic heterocycles. The fraction of sp³-hybridized carbons (Fsp3) is 0.200. The number of nitrogens with two attached hydrogens (primary N) is 1. The van der Waals surface area contributed by atoms with Crippen molar-refractivity contribution in [3.63, 3.8) is 0 Å². The lowest BCUT2D eigenvalue weighted by molar-refractivity contribution is 0.0554. The van der Waals surface area contributed by atoms with Crippen LogP contribution in [0.3, 0.4) is 0 Å². The van der Waals surface area contributed by atoms with Crippen LogP contribution in [-0.2, 0) is 4.74 Å². The summed E-state index contributed by atoms with van der Waals surface area (Å²) in [5.74, 6) is -1.33. The van der Waals surface area contributed by atoms with Gasteiger partial charge in [-0.3, -0.25) is 0 Å². The Morgan fingerprint density at radius 1 is 1.67 bits per heavy atom. The van der Waals surface area contributed by atoms with Gasteiger partial charge in [-0.15, -0.1) is 0 Å². The summed E-state index contributed by atoms with van der Waals surface area (Å²) in [6.45, 7) is 1.14. The minimum atomic E-state index is -0.762. The van der Waals surface area contributed by atoms with Gasteiger partial charge in [-0.25, -0.2) is 9.18 Å². The molecule has 0 amide bonds. The Hall–Kier alpha value is -2.09. The van der Waals surface area contributed by atoms with Crippen molar-refractivity contribution in [2.45, 2.75) is 6.92 Å². The van der Waals surface area contributed by atoms with Crippen LogP contribution in [0.4, 0.5) is 10.1 Å². The van der Waals surface area contributed by atoms with Gasteiger partial charge in [0.05, 0.1) is 5.56 Å². The summed E-state index contributed by atoms with van der Waals surface area (Å²) in [6, 6.07) is 3.99. The number of benzene rings is 1. The van der Waals surface area contributed by atoms with Gasteiger partial charge in [-0.1, -0.05) is 0 Å². The van der Waals surface area contributed by atoms with Crippen molar-refractivity contribution in [3.05, 3.63) is 29.1 Å². The van der Waals surface area contributed by atoms with Crippen LogP contribution in [0, 0.1) is 24.1 Å².